The predicted molar refractivity (Wildman–Crippen MR) is 117 cm³/mol. The Kier molecular flexibility index (Phi) is 5.03. The quantitative estimate of drug-likeness (QED) is 0.512. The van der Waals surface area contributed by atoms with Crippen molar-refractivity contribution in [3.05, 3.63) is 86.8 Å². The molecule has 2 heterocycles. The van der Waals surface area contributed by atoms with Crippen LogP contribution < -0.4 is 16.0 Å². The van der Waals surface area contributed by atoms with Gasteiger partial charge >= 0.3 is 5.69 Å². The normalized spacial score (nSPS) is 11.4. The molecule has 2 aromatic carbocycles. The number of aryl methyl sites for hydroxylation is 1. The molecule has 0 atom stereocenters. The molecular weight excluding hydrogens is 380 g/mol. The van der Waals surface area contributed by atoms with Crippen LogP contribution in [-0.4, -0.2) is 25.8 Å². The maximum Gasteiger partial charge on any atom is 0.337 e. The summed E-state index contributed by atoms with van der Waals surface area (Å²) in [4.78, 5) is 31.1. The maximum atomic E-state index is 13.3. The van der Waals surface area contributed by atoms with Crippen molar-refractivity contribution < 1.29 is 4.74 Å². The zero-order valence-corrected chi connectivity index (χ0v) is 17.5. The van der Waals surface area contributed by atoms with Crippen LogP contribution in [0.2, 0.25) is 0 Å². The van der Waals surface area contributed by atoms with Crippen molar-refractivity contribution in [1.29, 1.82) is 0 Å². The molecule has 0 fully saturated rings. The summed E-state index contributed by atoms with van der Waals surface area (Å²) in [5.41, 5.74) is 2.66. The highest BCUT2D eigenvalue weighted by Crippen LogP contribution is 2.23. The Hall–Kier alpha value is -3.61. The van der Waals surface area contributed by atoms with Crippen LogP contribution in [0.1, 0.15) is 31.0 Å². The van der Waals surface area contributed by atoms with Gasteiger partial charge in [-0.1, -0.05) is 42.0 Å². The van der Waals surface area contributed by atoms with Gasteiger partial charge in [0.15, 0.2) is 11.2 Å². The number of ether oxygens (including phenoxy) is 1. The van der Waals surface area contributed by atoms with Crippen LogP contribution in [0.25, 0.3) is 16.9 Å². The van der Waals surface area contributed by atoms with E-state index < -0.39 is 5.69 Å². The molecule has 0 aliphatic carbocycles. The Balaban J connectivity index is 2.05. The molecule has 30 heavy (non-hydrogen) atoms. The predicted octanol–water partition coefficient (Wildman–Crippen LogP) is 3.30. The van der Waals surface area contributed by atoms with Gasteiger partial charge in [-0.25, -0.2) is 14.3 Å². The first-order chi connectivity index (χ1) is 14.4. The highest BCUT2D eigenvalue weighted by molar-refractivity contribution is 5.73. The lowest BCUT2D eigenvalue weighted by atomic mass is 10.1. The average Bonchev–Trinajstić information content (AvgIpc) is 3.11. The lowest BCUT2D eigenvalue weighted by Crippen LogP contribution is -2.41. The van der Waals surface area contributed by atoms with E-state index in [1.807, 2.05) is 51.1 Å². The van der Waals surface area contributed by atoms with Crippen molar-refractivity contribution in [3.8, 4) is 11.4 Å². The van der Waals surface area contributed by atoms with Gasteiger partial charge in [-0.3, -0.25) is 9.36 Å². The zero-order valence-electron chi connectivity index (χ0n) is 17.5. The lowest BCUT2D eigenvalue weighted by molar-refractivity contribution is 0.412. The van der Waals surface area contributed by atoms with Gasteiger partial charge in [-0.2, -0.15) is 0 Å². The molecule has 0 unspecified atom stereocenters. The lowest BCUT2D eigenvalue weighted by Gasteiger charge is -2.16. The van der Waals surface area contributed by atoms with Gasteiger partial charge in [0, 0.05) is 12.6 Å². The standard InChI is InChI=1S/C23H24N4O3/c1-15(2)26-22(28)20-21(24-14-25(20)13-17-9-7-8-16(3)12-17)27(23(26)29)18-10-5-6-11-19(18)30-4/h5-12,14-15H,13H2,1-4H3. The van der Waals surface area contributed by atoms with Gasteiger partial charge in [0.2, 0.25) is 0 Å². The largest absolute Gasteiger partial charge is 0.495 e. The Morgan fingerprint density at radius 3 is 2.53 bits per heavy atom. The number of rotatable bonds is 5. The van der Waals surface area contributed by atoms with Gasteiger partial charge < -0.3 is 9.30 Å². The molecule has 7 nitrogen and oxygen atoms in total. The molecule has 0 bridgehead atoms. The molecule has 154 valence electrons. The van der Waals surface area contributed by atoms with Crippen LogP contribution in [0.15, 0.2) is 64.4 Å². The second kappa shape index (κ2) is 7.67. The fraction of sp³-hybridized carbons (Fsp3) is 0.261. The Morgan fingerprint density at radius 1 is 1.07 bits per heavy atom. The number of para-hydroxylation sites is 2. The van der Waals surface area contributed by atoms with Crippen molar-refractivity contribution in [1.82, 2.24) is 18.7 Å². The Bertz CT molecular complexity index is 1340. The summed E-state index contributed by atoms with van der Waals surface area (Å²) in [6.07, 6.45) is 1.62. The summed E-state index contributed by atoms with van der Waals surface area (Å²) in [5.74, 6) is 0.531. The number of nitrogens with zero attached hydrogens (tertiary/aromatic N) is 4. The third-order valence-corrected chi connectivity index (χ3v) is 5.13. The van der Waals surface area contributed by atoms with E-state index >= 15 is 0 Å². The van der Waals surface area contributed by atoms with Crippen molar-refractivity contribution in [3.63, 3.8) is 0 Å². The summed E-state index contributed by atoms with van der Waals surface area (Å²) in [7, 11) is 1.55. The van der Waals surface area contributed by atoms with E-state index in [0.29, 0.717) is 29.1 Å². The van der Waals surface area contributed by atoms with E-state index in [9.17, 15) is 9.59 Å². The van der Waals surface area contributed by atoms with Crippen LogP contribution >= 0.6 is 0 Å². The Labute approximate surface area is 173 Å². The monoisotopic (exact) mass is 404 g/mol. The highest BCUT2D eigenvalue weighted by atomic mass is 16.5. The van der Waals surface area contributed by atoms with Gasteiger partial charge in [0.05, 0.1) is 19.1 Å². The zero-order chi connectivity index (χ0) is 21.4. The molecule has 0 radical (unpaired) electrons. The minimum absolute atomic E-state index is 0.308. The first-order valence-corrected chi connectivity index (χ1v) is 9.83. The molecule has 0 saturated carbocycles. The van der Waals surface area contributed by atoms with Crippen molar-refractivity contribution in [2.45, 2.75) is 33.4 Å². The summed E-state index contributed by atoms with van der Waals surface area (Å²) in [5, 5.41) is 0. The first-order valence-electron chi connectivity index (χ1n) is 9.83. The molecule has 4 rings (SSSR count). The van der Waals surface area contributed by atoms with E-state index in [1.54, 1.807) is 30.1 Å². The number of aromatic nitrogens is 4. The van der Waals surface area contributed by atoms with E-state index in [4.69, 9.17) is 4.74 Å². The molecule has 0 amide bonds. The first kappa shape index (κ1) is 19.7. The van der Waals surface area contributed by atoms with Gasteiger partial charge in [0.1, 0.15) is 5.75 Å². The number of benzene rings is 2. The SMILES string of the molecule is COc1ccccc1-n1c(=O)n(C(C)C)c(=O)c2c1ncn2Cc1cccc(C)c1. The maximum absolute atomic E-state index is 13.3. The van der Waals surface area contributed by atoms with E-state index in [2.05, 4.69) is 11.1 Å². The number of methoxy groups -OCH3 is 1. The molecule has 4 aromatic rings. The van der Waals surface area contributed by atoms with Gasteiger partial charge in [-0.05, 0) is 38.5 Å². The van der Waals surface area contributed by atoms with Crippen LogP contribution in [-0.2, 0) is 6.54 Å². The molecular formula is C23H24N4O3. The number of hydrogen-bond donors (Lipinski definition) is 0. The van der Waals surface area contributed by atoms with Gasteiger partial charge in [-0.15, -0.1) is 0 Å². The minimum atomic E-state index is -0.437. The van der Waals surface area contributed by atoms with Crippen molar-refractivity contribution in [2.24, 2.45) is 0 Å². The molecule has 0 N–H and O–H groups in total. The van der Waals surface area contributed by atoms with Crippen molar-refractivity contribution in [2.75, 3.05) is 7.11 Å². The van der Waals surface area contributed by atoms with E-state index in [0.717, 1.165) is 11.1 Å². The van der Waals surface area contributed by atoms with Gasteiger partial charge in [0.25, 0.3) is 5.56 Å². The fourth-order valence-electron chi connectivity index (χ4n) is 3.77. The van der Waals surface area contributed by atoms with E-state index in [1.165, 1.54) is 9.13 Å². The molecule has 2 aromatic heterocycles. The topological polar surface area (TPSA) is 71.1 Å². The number of hydrogen-bond acceptors (Lipinski definition) is 4. The van der Waals surface area contributed by atoms with Crippen LogP contribution in [0, 0.1) is 6.92 Å². The van der Waals surface area contributed by atoms with Crippen molar-refractivity contribution >= 4 is 11.2 Å². The minimum Gasteiger partial charge on any atom is -0.495 e. The second-order valence-corrected chi connectivity index (χ2v) is 7.59. The second-order valence-electron chi connectivity index (χ2n) is 7.59. The Morgan fingerprint density at radius 2 is 1.83 bits per heavy atom. The number of fused-ring (bicyclic) bond motifs is 1. The summed E-state index contributed by atoms with van der Waals surface area (Å²) >= 11 is 0. The summed E-state index contributed by atoms with van der Waals surface area (Å²) in [6, 6.07) is 15.0. The molecule has 0 saturated heterocycles. The van der Waals surface area contributed by atoms with Crippen LogP contribution in [0.5, 0.6) is 5.75 Å². The smallest absolute Gasteiger partial charge is 0.337 e. The molecule has 7 heteroatoms. The fourth-order valence-corrected chi connectivity index (χ4v) is 3.77. The number of imidazole rings is 1. The molecule has 0 spiro atoms. The highest BCUT2D eigenvalue weighted by Gasteiger charge is 2.22. The summed E-state index contributed by atoms with van der Waals surface area (Å²) < 4.78 is 10.00. The third-order valence-electron chi connectivity index (χ3n) is 5.13. The third kappa shape index (κ3) is 3.22. The summed E-state index contributed by atoms with van der Waals surface area (Å²) in [6.45, 7) is 6.15. The molecule has 0 aliphatic heterocycles. The van der Waals surface area contributed by atoms with Crippen LogP contribution in [0.4, 0.5) is 0 Å². The van der Waals surface area contributed by atoms with Crippen LogP contribution in [0.3, 0.4) is 0 Å². The molecule has 0 aliphatic rings. The average molecular weight is 404 g/mol. The van der Waals surface area contributed by atoms with E-state index in [-0.39, 0.29) is 11.6 Å².